The monoisotopic (exact) mass is 312 g/mol. The lowest BCUT2D eigenvalue weighted by Gasteiger charge is -2.21. The van der Waals surface area contributed by atoms with Gasteiger partial charge in [-0.05, 0) is 49.9 Å². The maximum Gasteiger partial charge on any atom is 0.243 e. The molecule has 21 heavy (non-hydrogen) atoms. The number of hydrogen-bond acceptors (Lipinski definition) is 4. The predicted molar refractivity (Wildman–Crippen MR) is 82.6 cm³/mol. The average Bonchev–Trinajstić information content (AvgIpc) is 3.30. The molecule has 0 spiro atoms. The van der Waals surface area contributed by atoms with Gasteiger partial charge in [0.1, 0.15) is 0 Å². The van der Waals surface area contributed by atoms with Crippen molar-refractivity contribution in [1.82, 2.24) is 4.31 Å². The summed E-state index contributed by atoms with van der Waals surface area (Å²) in [5.74, 6) is 0. The fourth-order valence-corrected chi connectivity index (χ4v) is 3.98. The van der Waals surface area contributed by atoms with Gasteiger partial charge >= 0.3 is 0 Å². The van der Waals surface area contributed by atoms with E-state index < -0.39 is 10.0 Å². The van der Waals surface area contributed by atoms with E-state index in [-0.39, 0.29) is 6.04 Å². The number of rotatable bonds is 9. The summed E-state index contributed by atoms with van der Waals surface area (Å²) in [6.07, 6.45) is 3.68. The third-order valence-electron chi connectivity index (χ3n) is 3.67. The minimum atomic E-state index is -3.42. The van der Waals surface area contributed by atoms with Crippen molar-refractivity contribution in [1.29, 1.82) is 0 Å². The minimum Gasteiger partial charge on any atom is -0.383 e. The Morgan fingerprint density at radius 2 is 1.95 bits per heavy atom. The first-order chi connectivity index (χ1) is 10.1. The molecule has 2 N–H and O–H groups in total. The van der Waals surface area contributed by atoms with Crippen LogP contribution in [-0.2, 0) is 21.2 Å². The lowest BCUT2D eigenvalue weighted by molar-refractivity contribution is 0.177. The van der Waals surface area contributed by atoms with Gasteiger partial charge < -0.3 is 10.5 Å². The second kappa shape index (κ2) is 7.35. The topological polar surface area (TPSA) is 72.6 Å². The Morgan fingerprint density at radius 1 is 1.29 bits per heavy atom. The highest BCUT2D eigenvalue weighted by Gasteiger charge is 2.37. The molecule has 1 saturated carbocycles. The van der Waals surface area contributed by atoms with Crippen LogP contribution in [0.1, 0.15) is 24.8 Å². The molecule has 0 aromatic heterocycles. The summed E-state index contributed by atoms with van der Waals surface area (Å²) < 4.78 is 32.0. The van der Waals surface area contributed by atoms with E-state index in [1.165, 1.54) is 0 Å². The molecule has 0 radical (unpaired) electrons. The molecule has 1 aliphatic rings. The molecule has 0 bridgehead atoms. The van der Waals surface area contributed by atoms with Crippen LogP contribution < -0.4 is 5.73 Å². The van der Waals surface area contributed by atoms with Crippen molar-refractivity contribution in [3.8, 4) is 0 Å². The maximum atomic E-state index is 12.7. The van der Waals surface area contributed by atoms with E-state index in [4.69, 9.17) is 10.5 Å². The molecule has 2 rings (SSSR count). The molecule has 5 nitrogen and oxygen atoms in total. The molecule has 6 heteroatoms. The first-order valence-corrected chi connectivity index (χ1v) is 8.83. The molecule has 0 aliphatic heterocycles. The number of hydrogen-bond donors (Lipinski definition) is 1. The Kier molecular flexibility index (Phi) is 5.75. The molecule has 1 fully saturated rings. The van der Waals surface area contributed by atoms with E-state index in [1.54, 1.807) is 23.5 Å². The van der Waals surface area contributed by atoms with Crippen LogP contribution in [0.2, 0.25) is 0 Å². The van der Waals surface area contributed by atoms with E-state index in [2.05, 4.69) is 0 Å². The van der Waals surface area contributed by atoms with Gasteiger partial charge in [-0.3, -0.25) is 0 Å². The summed E-state index contributed by atoms with van der Waals surface area (Å²) in [4.78, 5) is 0.363. The lowest BCUT2D eigenvalue weighted by atomic mass is 10.1. The van der Waals surface area contributed by atoms with Gasteiger partial charge in [0.15, 0.2) is 0 Å². The van der Waals surface area contributed by atoms with Crippen molar-refractivity contribution in [2.24, 2.45) is 5.73 Å². The Bertz CT molecular complexity index is 539. The lowest BCUT2D eigenvalue weighted by Crippen LogP contribution is -2.35. The fourth-order valence-electron chi connectivity index (χ4n) is 2.31. The van der Waals surface area contributed by atoms with Gasteiger partial charge in [0.05, 0.1) is 11.5 Å². The molecule has 1 aromatic carbocycles. The number of benzene rings is 1. The number of aryl methyl sites for hydroxylation is 1. The van der Waals surface area contributed by atoms with Crippen molar-refractivity contribution in [2.75, 3.05) is 26.8 Å². The van der Waals surface area contributed by atoms with Gasteiger partial charge in [0.2, 0.25) is 10.0 Å². The molecule has 0 atom stereocenters. The average molecular weight is 312 g/mol. The number of sulfonamides is 1. The van der Waals surface area contributed by atoms with E-state index in [9.17, 15) is 8.42 Å². The van der Waals surface area contributed by atoms with E-state index in [0.29, 0.717) is 24.6 Å². The van der Waals surface area contributed by atoms with Crippen molar-refractivity contribution >= 4 is 10.0 Å². The standard InChI is InChI=1S/C15H24N2O3S/c1-20-12-11-17(14-6-7-14)21(18,19)15-8-4-13(5-9-15)3-2-10-16/h4-5,8-9,14H,2-3,6-7,10-12,16H2,1H3. The number of nitrogens with zero attached hydrogens (tertiary/aromatic N) is 1. The van der Waals surface area contributed by atoms with Crippen molar-refractivity contribution in [3.05, 3.63) is 29.8 Å². The molecular formula is C15H24N2O3S. The van der Waals surface area contributed by atoms with Gasteiger partial charge in [-0.2, -0.15) is 4.31 Å². The smallest absolute Gasteiger partial charge is 0.243 e. The van der Waals surface area contributed by atoms with Crippen LogP contribution in [0, 0.1) is 0 Å². The van der Waals surface area contributed by atoms with Crippen LogP contribution in [0.15, 0.2) is 29.2 Å². The Balaban J connectivity index is 2.13. The van der Waals surface area contributed by atoms with Crippen LogP contribution in [0.5, 0.6) is 0 Å². The normalized spacial score (nSPS) is 15.6. The van der Waals surface area contributed by atoms with Gasteiger partial charge in [-0.25, -0.2) is 8.42 Å². The van der Waals surface area contributed by atoms with Gasteiger partial charge in [-0.1, -0.05) is 12.1 Å². The summed E-state index contributed by atoms with van der Waals surface area (Å²) in [7, 11) is -1.83. The van der Waals surface area contributed by atoms with E-state index in [0.717, 1.165) is 31.2 Å². The number of ether oxygens (including phenoxy) is 1. The highest BCUT2D eigenvalue weighted by atomic mass is 32.2. The Morgan fingerprint density at radius 3 is 2.48 bits per heavy atom. The highest BCUT2D eigenvalue weighted by molar-refractivity contribution is 7.89. The van der Waals surface area contributed by atoms with Crippen molar-refractivity contribution in [3.63, 3.8) is 0 Å². The molecule has 1 aromatic rings. The zero-order chi connectivity index (χ0) is 15.3. The SMILES string of the molecule is COCCN(C1CC1)S(=O)(=O)c1ccc(CCCN)cc1. The van der Waals surface area contributed by atoms with Crippen LogP contribution in [0.25, 0.3) is 0 Å². The maximum absolute atomic E-state index is 12.7. The number of methoxy groups -OCH3 is 1. The summed E-state index contributed by atoms with van der Waals surface area (Å²) in [5.41, 5.74) is 6.61. The number of nitrogens with two attached hydrogens (primary N) is 1. The molecule has 118 valence electrons. The zero-order valence-electron chi connectivity index (χ0n) is 12.5. The summed E-state index contributed by atoms with van der Waals surface area (Å²) in [6, 6.07) is 7.29. The first-order valence-electron chi connectivity index (χ1n) is 7.39. The second-order valence-corrected chi connectivity index (χ2v) is 7.27. The third-order valence-corrected chi connectivity index (χ3v) is 5.64. The quantitative estimate of drug-likeness (QED) is 0.747. The fraction of sp³-hybridized carbons (Fsp3) is 0.600. The molecule has 1 aliphatic carbocycles. The van der Waals surface area contributed by atoms with Crippen LogP contribution in [-0.4, -0.2) is 45.6 Å². The molecule has 0 saturated heterocycles. The minimum absolute atomic E-state index is 0.141. The Labute approximate surface area is 127 Å². The second-order valence-electron chi connectivity index (χ2n) is 5.38. The molecule has 0 heterocycles. The largest absolute Gasteiger partial charge is 0.383 e. The van der Waals surface area contributed by atoms with E-state index in [1.807, 2.05) is 12.1 Å². The highest BCUT2D eigenvalue weighted by Crippen LogP contribution is 2.31. The van der Waals surface area contributed by atoms with Crippen molar-refractivity contribution < 1.29 is 13.2 Å². The first kappa shape index (κ1) is 16.4. The van der Waals surface area contributed by atoms with Crippen LogP contribution >= 0.6 is 0 Å². The Hall–Kier alpha value is -0.950. The predicted octanol–water partition coefficient (Wildman–Crippen LogP) is 1.38. The summed E-state index contributed by atoms with van der Waals surface area (Å²) in [5, 5.41) is 0. The molecular weight excluding hydrogens is 288 g/mol. The molecule has 0 unspecified atom stereocenters. The summed E-state index contributed by atoms with van der Waals surface area (Å²) >= 11 is 0. The summed E-state index contributed by atoms with van der Waals surface area (Å²) in [6.45, 7) is 1.48. The van der Waals surface area contributed by atoms with Crippen LogP contribution in [0.3, 0.4) is 0 Å². The van der Waals surface area contributed by atoms with Gasteiger partial charge in [0.25, 0.3) is 0 Å². The zero-order valence-corrected chi connectivity index (χ0v) is 13.3. The van der Waals surface area contributed by atoms with E-state index >= 15 is 0 Å². The van der Waals surface area contributed by atoms with Crippen LogP contribution in [0.4, 0.5) is 0 Å². The van der Waals surface area contributed by atoms with Crippen molar-refractivity contribution in [2.45, 2.75) is 36.6 Å². The van der Waals surface area contributed by atoms with Gasteiger partial charge in [0, 0.05) is 19.7 Å². The molecule has 0 amide bonds. The van der Waals surface area contributed by atoms with Gasteiger partial charge in [-0.15, -0.1) is 0 Å². The third kappa shape index (κ3) is 4.26.